The average Bonchev–Trinajstić information content (AvgIpc) is 2.95. The first-order valence-electron chi connectivity index (χ1n) is 6.68. The van der Waals surface area contributed by atoms with E-state index in [-0.39, 0.29) is 0 Å². The number of benzene rings is 2. The van der Waals surface area contributed by atoms with Gasteiger partial charge in [0.1, 0.15) is 22.8 Å². The zero-order valence-corrected chi connectivity index (χ0v) is 12.0. The van der Waals surface area contributed by atoms with Gasteiger partial charge in [-0.05, 0) is 48.0 Å². The van der Waals surface area contributed by atoms with Crippen LogP contribution in [0.2, 0.25) is 0 Å². The third-order valence-electron chi connectivity index (χ3n) is 3.30. The van der Waals surface area contributed by atoms with Gasteiger partial charge in [-0.1, -0.05) is 18.2 Å². The number of hydrogen-bond acceptors (Lipinski definition) is 3. The summed E-state index contributed by atoms with van der Waals surface area (Å²) in [5.74, 6) is 2.49. The summed E-state index contributed by atoms with van der Waals surface area (Å²) in [4.78, 5) is 0. The van der Waals surface area contributed by atoms with E-state index in [9.17, 15) is 0 Å². The van der Waals surface area contributed by atoms with Gasteiger partial charge < -0.3 is 13.9 Å². The highest BCUT2D eigenvalue weighted by atomic mass is 16.5. The fourth-order valence-electron chi connectivity index (χ4n) is 2.14. The van der Waals surface area contributed by atoms with Gasteiger partial charge in [0.25, 0.3) is 0 Å². The highest BCUT2D eigenvalue weighted by Crippen LogP contribution is 2.25. The molecule has 0 atom stereocenters. The van der Waals surface area contributed by atoms with E-state index in [1.54, 1.807) is 14.2 Å². The van der Waals surface area contributed by atoms with Crippen LogP contribution >= 0.6 is 0 Å². The standard InChI is InChI=1S/C18H16O3/c1-19-15-6-3-13(4-7-15)5-8-17-12-14-11-16(20-2)9-10-18(14)21-17/h3-12H,1-2H3. The Labute approximate surface area is 123 Å². The Morgan fingerprint density at radius 1 is 0.810 bits per heavy atom. The van der Waals surface area contributed by atoms with Gasteiger partial charge >= 0.3 is 0 Å². The fraction of sp³-hybridized carbons (Fsp3) is 0.111. The van der Waals surface area contributed by atoms with Crippen molar-refractivity contribution in [1.82, 2.24) is 0 Å². The van der Waals surface area contributed by atoms with Crippen LogP contribution in [0, 0.1) is 0 Å². The van der Waals surface area contributed by atoms with Gasteiger partial charge in [-0.15, -0.1) is 0 Å². The van der Waals surface area contributed by atoms with Crippen LogP contribution in [0.5, 0.6) is 11.5 Å². The first-order chi connectivity index (χ1) is 10.3. The maximum atomic E-state index is 5.77. The molecule has 0 unspecified atom stereocenters. The highest BCUT2D eigenvalue weighted by molar-refractivity contribution is 5.83. The zero-order valence-electron chi connectivity index (χ0n) is 12.0. The molecule has 3 heteroatoms. The van der Waals surface area contributed by atoms with E-state index in [0.29, 0.717) is 0 Å². The lowest BCUT2D eigenvalue weighted by Gasteiger charge is -1.98. The molecule has 21 heavy (non-hydrogen) atoms. The molecule has 3 rings (SSSR count). The van der Waals surface area contributed by atoms with Crippen molar-refractivity contribution in [3.8, 4) is 11.5 Å². The van der Waals surface area contributed by atoms with E-state index in [4.69, 9.17) is 13.9 Å². The summed E-state index contributed by atoms with van der Waals surface area (Å²) in [6.45, 7) is 0. The molecule has 0 bridgehead atoms. The maximum absolute atomic E-state index is 5.77. The quantitative estimate of drug-likeness (QED) is 0.698. The SMILES string of the molecule is COc1ccc(C=Cc2cc3cc(OC)ccc3o2)cc1. The number of rotatable bonds is 4. The average molecular weight is 280 g/mol. The third kappa shape index (κ3) is 2.92. The van der Waals surface area contributed by atoms with E-state index >= 15 is 0 Å². The van der Waals surface area contributed by atoms with Crippen molar-refractivity contribution in [2.24, 2.45) is 0 Å². The molecule has 1 heterocycles. The second-order valence-electron chi connectivity index (χ2n) is 4.66. The van der Waals surface area contributed by atoms with Gasteiger partial charge in [0.2, 0.25) is 0 Å². The van der Waals surface area contributed by atoms with Gasteiger partial charge in [-0.3, -0.25) is 0 Å². The molecule has 0 fully saturated rings. The molecule has 3 aromatic rings. The number of furan rings is 1. The first kappa shape index (κ1) is 13.3. The molecule has 0 spiro atoms. The Hall–Kier alpha value is -2.68. The van der Waals surface area contributed by atoms with Crippen molar-refractivity contribution in [2.75, 3.05) is 14.2 Å². The molecule has 0 amide bonds. The lowest BCUT2D eigenvalue weighted by molar-refractivity contribution is 0.415. The van der Waals surface area contributed by atoms with E-state index in [1.165, 1.54) is 0 Å². The molecule has 0 saturated heterocycles. The van der Waals surface area contributed by atoms with Crippen molar-refractivity contribution < 1.29 is 13.9 Å². The molecular formula is C18H16O3. The van der Waals surface area contributed by atoms with E-state index in [0.717, 1.165) is 33.8 Å². The molecule has 0 saturated carbocycles. The number of fused-ring (bicyclic) bond motifs is 1. The van der Waals surface area contributed by atoms with Crippen LogP contribution in [0.3, 0.4) is 0 Å². The molecule has 0 radical (unpaired) electrons. The minimum atomic E-state index is 0.814. The molecule has 0 N–H and O–H groups in total. The van der Waals surface area contributed by atoms with Crippen LogP contribution in [0.4, 0.5) is 0 Å². The summed E-state index contributed by atoms with van der Waals surface area (Å²) in [7, 11) is 3.32. The minimum absolute atomic E-state index is 0.814. The minimum Gasteiger partial charge on any atom is -0.497 e. The predicted octanol–water partition coefficient (Wildman–Crippen LogP) is 4.62. The summed E-state index contributed by atoms with van der Waals surface area (Å²) < 4.78 is 16.1. The van der Waals surface area contributed by atoms with Crippen LogP contribution in [0.15, 0.2) is 52.9 Å². The van der Waals surface area contributed by atoms with Gasteiger partial charge in [0.15, 0.2) is 0 Å². The van der Waals surface area contributed by atoms with Gasteiger partial charge in [-0.25, -0.2) is 0 Å². The lowest BCUT2D eigenvalue weighted by atomic mass is 10.2. The summed E-state index contributed by atoms with van der Waals surface area (Å²) in [5, 5.41) is 1.03. The van der Waals surface area contributed by atoms with Crippen LogP contribution < -0.4 is 9.47 Å². The highest BCUT2D eigenvalue weighted by Gasteiger charge is 2.02. The summed E-state index contributed by atoms with van der Waals surface area (Å²) >= 11 is 0. The smallest absolute Gasteiger partial charge is 0.135 e. The maximum Gasteiger partial charge on any atom is 0.135 e. The van der Waals surface area contributed by atoms with E-state index < -0.39 is 0 Å². The van der Waals surface area contributed by atoms with E-state index in [1.807, 2.05) is 60.7 Å². The second kappa shape index (κ2) is 5.75. The fourth-order valence-corrected chi connectivity index (χ4v) is 2.14. The van der Waals surface area contributed by atoms with Crippen LogP contribution in [0.25, 0.3) is 23.1 Å². The monoisotopic (exact) mass is 280 g/mol. The van der Waals surface area contributed by atoms with Gasteiger partial charge in [0, 0.05) is 5.39 Å². The first-order valence-corrected chi connectivity index (χ1v) is 6.68. The summed E-state index contributed by atoms with van der Waals surface area (Å²) in [6, 6.07) is 15.6. The Kier molecular flexibility index (Phi) is 3.65. The summed E-state index contributed by atoms with van der Waals surface area (Å²) in [6.07, 6.45) is 3.96. The van der Waals surface area contributed by atoms with Crippen molar-refractivity contribution in [1.29, 1.82) is 0 Å². The molecule has 2 aromatic carbocycles. The Balaban J connectivity index is 1.84. The van der Waals surface area contributed by atoms with Crippen molar-refractivity contribution >= 4 is 23.1 Å². The number of ether oxygens (including phenoxy) is 2. The predicted molar refractivity (Wildman–Crippen MR) is 84.7 cm³/mol. The molecule has 106 valence electrons. The molecule has 1 aromatic heterocycles. The topological polar surface area (TPSA) is 31.6 Å². The van der Waals surface area contributed by atoms with E-state index in [2.05, 4.69) is 0 Å². The lowest BCUT2D eigenvalue weighted by Crippen LogP contribution is -1.81. The van der Waals surface area contributed by atoms with Crippen molar-refractivity contribution in [3.63, 3.8) is 0 Å². The zero-order chi connectivity index (χ0) is 14.7. The molecule has 0 aliphatic heterocycles. The number of methoxy groups -OCH3 is 2. The largest absolute Gasteiger partial charge is 0.497 e. The van der Waals surface area contributed by atoms with Gasteiger partial charge in [-0.2, -0.15) is 0 Å². The van der Waals surface area contributed by atoms with Crippen LogP contribution in [-0.4, -0.2) is 14.2 Å². The molecule has 0 aliphatic rings. The molecule has 0 aliphatic carbocycles. The van der Waals surface area contributed by atoms with Crippen LogP contribution in [0.1, 0.15) is 11.3 Å². The summed E-state index contributed by atoms with van der Waals surface area (Å²) in [5.41, 5.74) is 1.94. The normalized spacial score (nSPS) is 11.1. The van der Waals surface area contributed by atoms with Crippen molar-refractivity contribution in [2.45, 2.75) is 0 Å². The van der Waals surface area contributed by atoms with Crippen LogP contribution in [-0.2, 0) is 0 Å². The molecular weight excluding hydrogens is 264 g/mol. The Morgan fingerprint density at radius 3 is 2.24 bits per heavy atom. The second-order valence-corrected chi connectivity index (χ2v) is 4.66. The Bertz CT molecular complexity index is 767. The third-order valence-corrected chi connectivity index (χ3v) is 3.30. The van der Waals surface area contributed by atoms with Gasteiger partial charge in [0.05, 0.1) is 14.2 Å². The Morgan fingerprint density at radius 2 is 1.52 bits per heavy atom. The number of hydrogen-bond donors (Lipinski definition) is 0. The van der Waals surface area contributed by atoms with Crippen molar-refractivity contribution in [3.05, 3.63) is 59.9 Å². The molecule has 3 nitrogen and oxygen atoms in total.